The molecular formula is C8H17ClIN. The third-order valence-electron chi connectivity index (χ3n) is 1.85. The predicted molar refractivity (Wildman–Crippen MR) is 61.0 cm³/mol. The van der Waals surface area contributed by atoms with Crippen LogP contribution in [0.25, 0.3) is 0 Å². The second kappa shape index (κ2) is 9.07. The summed E-state index contributed by atoms with van der Waals surface area (Å²) in [5, 5.41) is 0. The van der Waals surface area contributed by atoms with E-state index >= 15 is 0 Å². The zero-order chi connectivity index (χ0) is 8.53. The number of likely N-dealkylation sites (tertiary alicyclic amines) is 1. The molecule has 11 heavy (non-hydrogen) atoms. The van der Waals surface area contributed by atoms with Crippen molar-refractivity contribution in [3.05, 3.63) is 0 Å². The molecular weight excluding hydrogens is 272 g/mol. The molecule has 0 amide bonds. The highest BCUT2D eigenvalue weighted by atomic mass is 127. The molecule has 0 bridgehead atoms. The number of rotatable bonds is 2. The largest absolute Gasteiger partial charge is 0.302 e. The van der Waals surface area contributed by atoms with Gasteiger partial charge in [0, 0.05) is 12.4 Å². The number of halogens is 2. The van der Waals surface area contributed by atoms with Crippen LogP contribution < -0.4 is 0 Å². The lowest BCUT2D eigenvalue weighted by Crippen LogP contribution is -2.31. The Morgan fingerprint density at radius 1 is 1.18 bits per heavy atom. The minimum atomic E-state index is 0.792. The molecule has 0 aromatic rings. The molecule has 1 heterocycles. The Hall–Kier alpha value is 0.980. The average molecular weight is 290 g/mol. The fraction of sp³-hybridized carbons (Fsp3) is 1.00. The summed E-state index contributed by atoms with van der Waals surface area (Å²) in [6.45, 7) is 3.63. The van der Waals surface area contributed by atoms with Gasteiger partial charge in [0.15, 0.2) is 0 Å². The van der Waals surface area contributed by atoms with Gasteiger partial charge in [0.25, 0.3) is 0 Å². The van der Waals surface area contributed by atoms with E-state index in [1.54, 1.807) is 0 Å². The molecule has 1 rings (SSSR count). The van der Waals surface area contributed by atoms with Crippen LogP contribution in [0.2, 0.25) is 0 Å². The normalized spacial score (nSPS) is 18.8. The highest BCUT2D eigenvalue weighted by Gasteiger charge is 2.07. The minimum absolute atomic E-state index is 0.792. The van der Waals surface area contributed by atoms with Crippen LogP contribution in [0.1, 0.15) is 19.3 Å². The Balaban J connectivity index is 0.000000461. The molecule has 0 atom stereocenters. The van der Waals surface area contributed by atoms with Gasteiger partial charge in [-0.15, -0.1) is 11.6 Å². The summed E-state index contributed by atoms with van der Waals surface area (Å²) < 4.78 is 0. The summed E-state index contributed by atoms with van der Waals surface area (Å²) in [6, 6.07) is 0. The molecule has 68 valence electrons. The van der Waals surface area contributed by atoms with Gasteiger partial charge in [-0.25, -0.2) is 0 Å². The molecule has 0 aliphatic carbocycles. The number of alkyl halides is 2. The van der Waals surface area contributed by atoms with Gasteiger partial charge in [-0.2, -0.15) is 0 Å². The van der Waals surface area contributed by atoms with Crippen LogP contribution in [0.5, 0.6) is 0 Å². The van der Waals surface area contributed by atoms with Crippen LogP contribution in [0, 0.1) is 0 Å². The molecule has 0 saturated carbocycles. The maximum atomic E-state index is 5.59. The molecule has 0 aromatic heterocycles. The molecule has 1 aliphatic rings. The summed E-state index contributed by atoms with van der Waals surface area (Å²) >= 11 is 7.74. The molecule has 0 aromatic carbocycles. The van der Waals surface area contributed by atoms with E-state index in [2.05, 4.69) is 27.5 Å². The van der Waals surface area contributed by atoms with Crippen LogP contribution in [-0.4, -0.2) is 35.3 Å². The highest BCUT2D eigenvalue weighted by Crippen LogP contribution is 2.07. The van der Waals surface area contributed by atoms with E-state index in [4.69, 9.17) is 11.6 Å². The monoisotopic (exact) mass is 289 g/mol. The maximum absolute atomic E-state index is 5.59. The number of hydrogen-bond donors (Lipinski definition) is 0. The molecule has 0 N–H and O–H groups in total. The lowest BCUT2D eigenvalue weighted by atomic mass is 10.1. The van der Waals surface area contributed by atoms with Crippen molar-refractivity contribution < 1.29 is 0 Å². The number of nitrogens with zero attached hydrogens (tertiary/aromatic N) is 1. The van der Waals surface area contributed by atoms with E-state index in [1.165, 1.54) is 32.4 Å². The summed E-state index contributed by atoms with van der Waals surface area (Å²) in [7, 11) is 0. The third kappa shape index (κ3) is 6.17. The van der Waals surface area contributed by atoms with Crippen LogP contribution in [0.15, 0.2) is 0 Å². The van der Waals surface area contributed by atoms with E-state index in [-0.39, 0.29) is 0 Å². The SMILES string of the molecule is CI.ClCCN1CCCCC1. The average Bonchev–Trinajstić information content (AvgIpc) is 2.11. The van der Waals surface area contributed by atoms with Crippen LogP contribution in [-0.2, 0) is 0 Å². The summed E-state index contributed by atoms with van der Waals surface area (Å²) in [4.78, 5) is 4.41. The molecule has 1 saturated heterocycles. The van der Waals surface area contributed by atoms with Crippen LogP contribution >= 0.6 is 34.2 Å². The van der Waals surface area contributed by atoms with Crippen molar-refractivity contribution in [2.45, 2.75) is 19.3 Å². The first kappa shape index (κ1) is 12.0. The second-order valence-electron chi connectivity index (χ2n) is 2.59. The quantitative estimate of drug-likeness (QED) is 0.558. The van der Waals surface area contributed by atoms with Gasteiger partial charge in [-0.1, -0.05) is 29.0 Å². The first-order valence-corrected chi connectivity index (χ1v) is 6.79. The third-order valence-corrected chi connectivity index (χ3v) is 2.02. The summed E-state index contributed by atoms with van der Waals surface area (Å²) in [5.41, 5.74) is 0. The zero-order valence-electron chi connectivity index (χ0n) is 7.15. The summed E-state index contributed by atoms with van der Waals surface area (Å²) in [6.07, 6.45) is 4.16. The van der Waals surface area contributed by atoms with Crippen molar-refractivity contribution in [2.75, 3.05) is 30.4 Å². The fourth-order valence-corrected chi connectivity index (χ4v) is 1.54. The molecule has 1 nitrogen and oxygen atoms in total. The lowest BCUT2D eigenvalue weighted by molar-refractivity contribution is 0.241. The molecule has 1 aliphatic heterocycles. The highest BCUT2D eigenvalue weighted by molar-refractivity contribution is 14.1. The van der Waals surface area contributed by atoms with Gasteiger partial charge in [-0.05, 0) is 30.9 Å². The van der Waals surface area contributed by atoms with E-state index < -0.39 is 0 Å². The molecule has 0 unspecified atom stereocenters. The van der Waals surface area contributed by atoms with Gasteiger partial charge in [0.1, 0.15) is 0 Å². The van der Waals surface area contributed by atoms with Gasteiger partial charge in [0.2, 0.25) is 0 Å². The van der Waals surface area contributed by atoms with Crippen molar-refractivity contribution in [2.24, 2.45) is 0 Å². The van der Waals surface area contributed by atoms with Crippen LogP contribution in [0.4, 0.5) is 0 Å². The van der Waals surface area contributed by atoms with Crippen molar-refractivity contribution in [1.29, 1.82) is 0 Å². The first-order chi connectivity index (χ1) is 5.43. The Morgan fingerprint density at radius 3 is 2.18 bits per heavy atom. The standard InChI is InChI=1S/C7H14ClN.CH3I/c8-4-7-9-5-2-1-3-6-9;1-2/h1-7H2;1H3. The Labute approximate surface area is 88.6 Å². The Kier molecular flexibility index (Phi) is 9.88. The number of hydrogen-bond acceptors (Lipinski definition) is 1. The molecule has 3 heteroatoms. The fourth-order valence-electron chi connectivity index (χ4n) is 1.30. The summed E-state index contributed by atoms with van der Waals surface area (Å²) in [5.74, 6) is 0.792. The van der Waals surface area contributed by atoms with Gasteiger partial charge in [-0.3, -0.25) is 0 Å². The Morgan fingerprint density at radius 2 is 1.73 bits per heavy atom. The lowest BCUT2D eigenvalue weighted by Gasteiger charge is -2.25. The van der Waals surface area contributed by atoms with E-state index in [1.807, 2.05) is 4.93 Å². The van der Waals surface area contributed by atoms with Crippen LogP contribution in [0.3, 0.4) is 0 Å². The van der Waals surface area contributed by atoms with E-state index in [9.17, 15) is 0 Å². The van der Waals surface area contributed by atoms with E-state index in [0.717, 1.165) is 12.4 Å². The topological polar surface area (TPSA) is 3.24 Å². The minimum Gasteiger partial charge on any atom is -0.302 e. The number of piperidine rings is 1. The van der Waals surface area contributed by atoms with Gasteiger partial charge >= 0.3 is 0 Å². The molecule has 1 fully saturated rings. The second-order valence-corrected chi connectivity index (χ2v) is 2.97. The molecule has 0 spiro atoms. The zero-order valence-corrected chi connectivity index (χ0v) is 10.1. The van der Waals surface area contributed by atoms with Crippen molar-refractivity contribution in [3.63, 3.8) is 0 Å². The van der Waals surface area contributed by atoms with Crippen molar-refractivity contribution in [1.82, 2.24) is 4.90 Å². The Bertz CT molecular complexity index is 71.7. The van der Waals surface area contributed by atoms with Crippen molar-refractivity contribution >= 4 is 34.2 Å². The first-order valence-electron chi connectivity index (χ1n) is 4.09. The van der Waals surface area contributed by atoms with Crippen molar-refractivity contribution in [3.8, 4) is 0 Å². The molecule has 0 radical (unpaired) electrons. The van der Waals surface area contributed by atoms with Gasteiger partial charge in [0.05, 0.1) is 0 Å². The smallest absolute Gasteiger partial charge is 0.0351 e. The van der Waals surface area contributed by atoms with Gasteiger partial charge < -0.3 is 4.90 Å². The predicted octanol–water partition coefficient (Wildman–Crippen LogP) is 2.76. The maximum Gasteiger partial charge on any atom is 0.0351 e. The van der Waals surface area contributed by atoms with E-state index in [0.29, 0.717) is 0 Å².